The van der Waals surface area contributed by atoms with Crippen LogP contribution in [0.2, 0.25) is 0 Å². The van der Waals surface area contributed by atoms with Gasteiger partial charge >= 0.3 is 13.6 Å². The fourth-order valence-corrected chi connectivity index (χ4v) is 2.14. The van der Waals surface area contributed by atoms with Crippen molar-refractivity contribution in [3.63, 3.8) is 0 Å². The zero-order valence-corrected chi connectivity index (χ0v) is 8.57. The summed E-state index contributed by atoms with van der Waals surface area (Å²) in [5.74, 6) is -1.44. The van der Waals surface area contributed by atoms with Crippen molar-refractivity contribution in [1.29, 1.82) is 0 Å². The molecule has 0 aromatic heterocycles. The standard InChI is InChI=1S/C7H15O5P/c1-5(3-7(8)9)6(2)4-13(10,11)12/h5-6H,3-4H2,1-2H3,(H,8,9)(H2,10,11,12). The van der Waals surface area contributed by atoms with Gasteiger partial charge in [-0.2, -0.15) is 0 Å². The molecular formula is C7H15O5P. The molecule has 3 N–H and O–H groups in total. The van der Waals surface area contributed by atoms with Gasteiger partial charge in [-0.25, -0.2) is 0 Å². The third-order valence-electron chi connectivity index (χ3n) is 1.99. The lowest BCUT2D eigenvalue weighted by Gasteiger charge is -2.18. The molecule has 0 radical (unpaired) electrons. The highest BCUT2D eigenvalue weighted by Crippen LogP contribution is 2.39. The molecule has 6 heteroatoms. The summed E-state index contributed by atoms with van der Waals surface area (Å²) in [6.45, 7) is 3.32. The zero-order chi connectivity index (χ0) is 10.6. The van der Waals surface area contributed by atoms with Gasteiger partial charge < -0.3 is 14.9 Å². The average Bonchev–Trinajstić information content (AvgIpc) is 1.81. The van der Waals surface area contributed by atoms with E-state index < -0.39 is 13.6 Å². The molecular weight excluding hydrogens is 195 g/mol. The van der Waals surface area contributed by atoms with E-state index in [-0.39, 0.29) is 24.4 Å². The van der Waals surface area contributed by atoms with Gasteiger partial charge in [0.2, 0.25) is 0 Å². The Bertz CT molecular complexity index is 221. The number of hydrogen-bond acceptors (Lipinski definition) is 2. The Balaban J connectivity index is 4.04. The van der Waals surface area contributed by atoms with Gasteiger partial charge in [-0.05, 0) is 11.8 Å². The number of carboxylic acid groups (broad SMARTS) is 1. The lowest BCUT2D eigenvalue weighted by molar-refractivity contribution is -0.138. The number of carbonyl (C=O) groups is 1. The fraction of sp³-hybridized carbons (Fsp3) is 0.857. The highest BCUT2D eigenvalue weighted by Gasteiger charge is 2.23. The lowest BCUT2D eigenvalue weighted by Crippen LogP contribution is -2.16. The van der Waals surface area contributed by atoms with Crippen molar-refractivity contribution in [2.75, 3.05) is 6.16 Å². The Morgan fingerprint density at radius 1 is 1.31 bits per heavy atom. The number of aliphatic carboxylic acids is 1. The van der Waals surface area contributed by atoms with Crippen molar-refractivity contribution in [2.45, 2.75) is 20.3 Å². The molecule has 2 unspecified atom stereocenters. The number of rotatable bonds is 5. The van der Waals surface area contributed by atoms with E-state index in [9.17, 15) is 9.36 Å². The summed E-state index contributed by atoms with van der Waals surface area (Å²) >= 11 is 0. The van der Waals surface area contributed by atoms with Crippen molar-refractivity contribution in [1.82, 2.24) is 0 Å². The zero-order valence-electron chi connectivity index (χ0n) is 7.67. The smallest absolute Gasteiger partial charge is 0.325 e. The van der Waals surface area contributed by atoms with Gasteiger partial charge in [-0.1, -0.05) is 13.8 Å². The molecule has 0 heterocycles. The molecule has 0 aliphatic rings. The number of hydrogen-bond donors (Lipinski definition) is 3. The van der Waals surface area contributed by atoms with Crippen LogP contribution in [0.15, 0.2) is 0 Å². The molecule has 0 saturated carbocycles. The molecule has 5 nitrogen and oxygen atoms in total. The van der Waals surface area contributed by atoms with Crippen molar-refractivity contribution in [3.05, 3.63) is 0 Å². The van der Waals surface area contributed by atoms with E-state index in [1.807, 2.05) is 0 Å². The first-order valence-corrected chi connectivity index (χ1v) is 5.78. The van der Waals surface area contributed by atoms with E-state index in [0.29, 0.717) is 0 Å². The van der Waals surface area contributed by atoms with E-state index >= 15 is 0 Å². The third-order valence-corrected chi connectivity index (χ3v) is 3.05. The van der Waals surface area contributed by atoms with Gasteiger partial charge in [-0.15, -0.1) is 0 Å². The predicted molar refractivity (Wildman–Crippen MR) is 47.5 cm³/mol. The summed E-state index contributed by atoms with van der Waals surface area (Å²) in [5, 5.41) is 8.44. The Hall–Kier alpha value is -0.380. The predicted octanol–water partition coefficient (Wildman–Crippen LogP) is 0.911. The molecule has 0 spiro atoms. The second-order valence-electron chi connectivity index (χ2n) is 3.40. The Morgan fingerprint density at radius 3 is 2.08 bits per heavy atom. The van der Waals surface area contributed by atoms with E-state index in [1.165, 1.54) is 0 Å². The summed E-state index contributed by atoms with van der Waals surface area (Å²) in [6, 6.07) is 0. The fourth-order valence-electron chi connectivity index (χ4n) is 1.03. The minimum Gasteiger partial charge on any atom is -0.481 e. The summed E-state index contributed by atoms with van der Waals surface area (Å²) in [4.78, 5) is 27.6. The van der Waals surface area contributed by atoms with Crippen molar-refractivity contribution in [2.24, 2.45) is 11.8 Å². The van der Waals surface area contributed by atoms with Crippen molar-refractivity contribution < 1.29 is 24.3 Å². The number of carboxylic acids is 1. The molecule has 0 aromatic rings. The monoisotopic (exact) mass is 210 g/mol. The van der Waals surface area contributed by atoms with Crippen LogP contribution in [0.5, 0.6) is 0 Å². The maximum absolute atomic E-state index is 10.6. The maximum atomic E-state index is 10.6. The van der Waals surface area contributed by atoms with E-state index in [1.54, 1.807) is 13.8 Å². The van der Waals surface area contributed by atoms with Crippen molar-refractivity contribution >= 4 is 13.6 Å². The Labute approximate surface area is 76.9 Å². The topological polar surface area (TPSA) is 94.8 Å². The molecule has 0 aliphatic heterocycles. The van der Waals surface area contributed by atoms with Gasteiger partial charge in [0.05, 0.1) is 6.16 Å². The normalized spacial score (nSPS) is 16.6. The second-order valence-corrected chi connectivity index (χ2v) is 5.09. The first-order chi connectivity index (χ1) is 5.72. The second kappa shape index (κ2) is 4.74. The molecule has 0 amide bonds. The van der Waals surface area contributed by atoms with Crippen LogP contribution in [0, 0.1) is 11.8 Å². The molecule has 0 fully saturated rings. The molecule has 0 bridgehead atoms. The molecule has 0 aromatic carbocycles. The minimum absolute atomic E-state index is 0.0544. The first kappa shape index (κ1) is 12.6. The molecule has 13 heavy (non-hydrogen) atoms. The van der Waals surface area contributed by atoms with Gasteiger partial charge in [0, 0.05) is 6.42 Å². The van der Waals surface area contributed by atoms with E-state index in [2.05, 4.69) is 0 Å². The van der Waals surface area contributed by atoms with E-state index in [4.69, 9.17) is 14.9 Å². The van der Waals surface area contributed by atoms with Crippen LogP contribution in [0.1, 0.15) is 20.3 Å². The highest BCUT2D eigenvalue weighted by atomic mass is 31.2. The summed E-state index contributed by atoms with van der Waals surface area (Å²) in [5.41, 5.74) is 0. The van der Waals surface area contributed by atoms with Gasteiger partial charge in [0.15, 0.2) is 0 Å². The maximum Gasteiger partial charge on any atom is 0.325 e. The van der Waals surface area contributed by atoms with Gasteiger partial charge in [0.1, 0.15) is 0 Å². The minimum atomic E-state index is -4.01. The van der Waals surface area contributed by atoms with Crippen LogP contribution in [0.3, 0.4) is 0 Å². The van der Waals surface area contributed by atoms with Crippen LogP contribution in [-0.2, 0) is 9.36 Å². The Morgan fingerprint density at radius 2 is 1.77 bits per heavy atom. The van der Waals surface area contributed by atoms with Crippen LogP contribution in [-0.4, -0.2) is 27.0 Å². The van der Waals surface area contributed by atoms with Gasteiger partial charge in [0.25, 0.3) is 0 Å². The van der Waals surface area contributed by atoms with Crippen molar-refractivity contribution in [3.8, 4) is 0 Å². The lowest BCUT2D eigenvalue weighted by atomic mass is 9.95. The molecule has 0 aliphatic carbocycles. The largest absolute Gasteiger partial charge is 0.481 e. The molecule has 78 valence electrons. The van der Waals surface area contributed by atoms with Crippen LogP contribution >= 0.6 is 7.60 Å². The summed E-state index contributed by atoms with van der Waals surface area (Å²) in [7, 11) is -4.01. The average molecular weight is 210 g/mol. The summed E-state index contributed by atoms with van der Waals surface area (Å²) < 4.78 is 10.6. The SMILES string of the molecule is CC(CC(=O)O)C(C)CP(=O)(O)O. The van der Waals surface area contributed by atoms with Crippen LogP contribution < -0.4 is 0 Å². The molecule has 2 atom stereocenters. The quantitative estimate of drug-likeness (QED) is 0.586. The molecule has 0 saturated heterocycles. The highest BCUT2D eigenvalue weighted by molar-refractivity contribution is 7.51. The molecule has 0 rings (SSSR count). The summed E-state index contributed by atoms with van der Waals surface area (Å²) in [6.07, 6.45) is -0.303. The van der Waals surface area contributed by atoms with Crippen LogP contribution in [0.25, 0.3) is 0 Å². The third kappa shape index (κ3) is 6.75. The van der Waals surface area contributed by atoms with E-state index in [0.717, 1.165) is 0 Å². The van der Waals surface area contributed by atoms with Gasteiger partial charge in [-0.3, -0.25) is 9.36 Å². The Kier molecular flexibility index (Phi) is 4.61. The first-order valence-electron chi connectivity index (χ1n) is 3.98. The van der Waals surface area contributed by atoms with Crippen LogP contribution in [0.4, 0.5) is 0 Å².